The monoisotopic (exact) mass is 212 g/mol. The topological polar surface area (TPSA) is 81.5 Å². The third-order valence-electron chi connectivity index (χ3n) is 1.59. The predicted octanol–water partition coefficient (Wildman–Crippen LogP) is 0.505. The quantitative estimate of drug-likeness (QED) is 0.732. The molecule has 0 aromatic carbocycles. The molecule has 0 saturated carbocycles. The van der Waals surface area contributed by atoms with Crippen molar-refractivity contribution in [2.75, 3.05) is 13.7 Å². The van der Waals surface area contributed by atoms with Crippen LogP contribution in [0.3, 0.4) is 0 Å². The molecule has 1 rings (SSSR count). The van der Waals surface area contributed by atoms with E-state index in [9.17, 15) is 9.90 Å². The van der Waals surface area contributed by atoms with Gasteiger partial charge in [0.2, 0.25) is 5.88 Å². The third kappa shape index (κ3) is 2.88. The Kier molecular flexibility index (Phi) is 3.99. The van der Waals surface area contributed by atoms with Crippen molar-refractivity contribution in [3.63, 3.8) is 0 Å². The average Bonchev–Trinajstić information content (AvgIpc) is 2.18. The Labute approximate surface area is 86.9 Å². The first-order chi connectivity index (χ1) is 7.19. The molecule has 0 saturated heterocycles. The molecular weight excluding hydrogens is 200 g/mol. The summed E-state index contributed by atoms with van der Waals surface area (Å²) in [6.07, 6.45) is 1.22. The van der Waals surface area contributed by atoms with Gasteiger partial charge in [-0.2, -0.15) is 4.98 Å². The fraction of sp³-hybridized carbons (Fsp3) is 0.444. The maximum atomic E-state index is 11.2. The number of nitrogens with zero attached hydrogens (tertiary/aromatic N) is 2. The van der Waals surface area contributed by atoms with Gasteiger partial charge in [-0.1, -0.05) is 0 Å². The molecule has 0 bridgehead atoms. The molecule has 0 amide bonds. The van der Waals surface area contributed by atoms with Crippen molar-refractivity contribution >= 4 is 5.97 Å². The first kappa shape index (κ1) is 11.4. The van der Waals surface area contributed by atoms with Crippen LogP contribution in [0, 0.1) is 0 Å². The summed E-state index contributed by atoms with van der Waals surface area (Å²) in [4.78, 5) is 18.8. The number of rotatable bonds is 4. The minimum Gasteiger partial charge on any atom is -0.493 e. The van der Waals surface area contributed by atoms with E-state index >= 15 is 0 Å². The molecule has 0 fully saturated rings. The molecule has 0 spiro atoms. The van der Waals surface area contributed by atoms with Crippen molar-refractivity contribution in [1.29, 1.82) is 0 Å². The van der Waals surface area contributed by atoms with Crippen LogP contribution in [0.4, 0.5) is 0 Å². The van der Waals surface area contributed by atoms with Crippen molar-refractivity contribution in [1.82, 2.24) is 9.97 Å². The summed E-state index contributed by atoms with van der Waals surface area (Å²) >= 11 is 0. The SMILES string of the molecule is CCOC(=O)c1cnc(COC)nc1O. The highest BCUT2D eigenvalue weighted by molar-refractivity contribution is 5.91. The number of methoxy groups -OCH3 is 1. The van der Waals surface area contributed by atoms with Crippen LogP contribution >= 0.6 is 0 Å². The van der Waals surface area contributed by atoms with E-state index in [1.807, 2.05) is 0 Å². The highest BCUT2D eigenvalue weighted by atomic mass is 16.5. The van der Waals surface area contributed by atoms with Gasteiger partial charge in [-0.25, -0.2) is 9.78 Å². The lowest BCUT2D eigenvalue weighted by Crippen LogP contribution is -2.08. The van der Waals surface area contributed by atoms with Crippen molar-refractivity contribution in [2.45, 2.75) is 13.5 Å². The number of carbonyl (C=O) groups excluding carboxylic acids is 1. The zero-order valence-corrected chi connectivity index (χ0v) is 8.56. The Bertz CT molecular complexity index is 354. The molecule has 0 atom stereocenters. The van der Waals surface area contributed by atoms with Gasteiger partial charge < -0.3 is 14.6 Å². The highest BCUT2D eigenvalue weighted by Gasteiger charge is 2.14. The van der Waals surface area contributed by atoms with E-state index in [0.717, 1.165) is 0 Å². The van der Waals surface area contributed by atoms with Gasteiger partial charge in [0.25, 0.3) is 0 Å². The van der Waals surface area contributed by atoms with Crippen LogP contribution in [0.5, 0.6) is 5.88 Å². The summed E-state index contributed by atoms with van der Waals surface area (Å²) in [5, 5.41) is 9.41. The standard InChI is InChI=1S/C9H12N2O4/c1-3-15-9(13)6-4-10-7(5-14-2)11-8(6)12/h4H,3,5H2,1-2H3,(H,10,11,12). The number of hydrogen-bond donors (Lipinski definition) is 1. The fourth-order valence-corrected chi connectivity index (χ4v) is 0.960. The number of hydrogen-bond acceptors (Lipinski definition) is 6. The van der Waals surface area contributed by atoms with Crippen LogP contribution in [0.25, 0.3) is 0 Å². The number of esters is 1. The molecule has 0 aliphatic rings. The van der Waals surface area contributed by atoms with Crippen LogP contribution in [0.2, 0.25) is 0 Å². The Morgan fingerprint density at radius 2 is 2.33 bits per heavy atom. The second-order valence-corrected chi connectivity index (χ2v) is 2.68. The highest BCUT2D eigenvalue weighted by Crippen LogP contribution is 2.13. The molecule has 0 aliphatic heterocycles. The Hall–Kier alpha value is -1.69. The number of carbonyl (C=O) groups is 1. The first-order valence-electron chi connectivity index (χ1n) is 4.40. The zero-order chi connectivity index (χ0) is 11.3. The zero-order valence-electron chi connectivity index (χ0n) is 8.56. The average molecular weight is 212 g/mol. The van der Waals surface area contributed by atoms with Gasteiger partial charge in [-0.05, 0) is 6.92 Å². The second-order valence-electron chi connectivity index (χ2n) is 2.68. The van der Waals surface area contributed by atoms with E-state index in [2.05, 4.69) is 9.97 Å². The molecule has 0 aliphatic carbocycles. The van der Waals surface area contributed by atoms with Gasteiger partial charge in [0.15, 0.2) is 5.82 Å². The summed E-state index contributed by atoms with van der Waals surface area (Å²) in [7, 11) is 1.49. The molecule has 15 heavy (non-hydrogen) atoms. The van der Waals surface area contributed by atoms with Gasteiger partial charge in [-0.15, -0.1) is 0 Å². The van der Waals surface area contributed by atoms with Crippen molar-refractivity contribution in [3.05, 3.63) is 17.6 Å². The lowest BCUT2D eigenvalue weighted by Gasteiger charge is -2.04. The molecule has 0 unspecified atom stereocenters. The van der Waals surface area contributed by atoms with Gasteiger partial charge in [0.1, 0.15) is 12.2 Å². The summed E-state index contributed by atoms with van der Waals surface area (Å²) in [6.45, 7) is 2.09. The van der Waals surface area contributed by atoms with Crippen LogP contribution in [0.15, 0.2) is 6.20 Å². The maximum absolute atomic E-state index is 11.2. The van der Waals surface area contributed by atoms with E-state index in [4.69, 9.17) is 9.47 Å². The van der Waals surface area contributed by atoms with Crippen molar-refractivity contribution < 1.29 is 19.4 Å². The minimum atomic E-state index is -0.640. The van der Waals surface area contributed by atoms with Crippen molar-refractivity contribution in [2.24, 2.45) is 0 Å². The fourth-order valence-electron chi connectivity index (χ4n) is 0.960. The first-order valence-corrected chi connectivity index (χ1v) is 4.40. The molecule has 1 heterocycles. The largest absolute Gasteiger partial charge is 0.493 e. The van der Waals surface area contributed by atoms with Gasteiger partial charge in [-0.3, -0.25) is 0 Å². The molecule has 1 N–H and O–H groups in total. The van der Waals surface area contributed by atoms with Gasteiger partial charge in [0, 0.05) is 13.3 Å². The summed E-state index contributed by atoms with van der Waals surface area (Å²) in [5.74, 6) is -0.725. The number of aromatic nitrogens is 2. The van der Waals surface area contributed by atoms with Gasteiger partial charge in [0.05, 0.1) is 6.61 Å². The maximum Gasteiger partial charge on any atom is 0.345 e. The van der Waals surface area contributed by atoms with Crippen LogP contribution in [-0.2, 0) is 16.1 Å². The van der Waals surface area contributed by atoms with Crippen molar-refractivity contribution in [3.8, 4) is 5.88 Å². The minimum absolute atomic E-state index is 0.0447. The molecule has 0 radical (unpaired) electrons. The second kappa shape index (κ2) is 5.26. The molecule has 1 aromatic rings. The molecule has 1 aromatic heterocycles. The predicted molar refractivity (Wildman–Crippen MR) is 50.4 cm³/mol. The molecular formula is C9H12N2O4. The number of aromatic hydroxyl groups is 1. The van der Waals surface area contributed by atoms with E-state index in [-0.39, 0.29) is 18.8 Å². The number of ether oxygens (including phenoxy) is 2. The Morgan fingerprint density at radius 3 is 2.87 bits per heavy atom. The molecule has 6 heteroatoms. The Balaban J connectivity index is 2.87. The lowest BCUT2D eigenvalue weighted by molar-refractivity contribution is 0.0521. The van der Waals surface area contributed by atoms with E-state index in [1.54, 1.807) is 6.92 Å². The Morgan fingerprint density at radius 1 is 1.60 bits per heavy atom. The molecule has 82 valence electrons. The van der Waals surface area contributed by atoms with Crippen LogP contribution in [0.1, 0.15) is 23.1 Å². The van der Waals surface area contributed by atoms with Crippen LogP contribution < -0.4 is 0 Å². The summed E-state index contributed by atoms with van der Waals surface area (Å²) in [5.41, 5.74) is -0.0447. The third-order valence-corrected chi connectivity index (χ3v) is 1.59. The van der Waals surface area contributed by atoms with E-state index < -0.39 is 11.8 Å². The lowest BCUT2D eigenvalue weighted by atomic mass is 10.3. The van der Waals surface area contributed by atoms with Crippen LogP contribution in [-0.4, -0.2) is 34.8 Å². The smallest absolute Gasteiger partial charge is 0.345 e. The molecule has 6 nitrogen and oxygen atoms in total. The summed E-state index contributed by atoms with van der Waals surface area (Å²) in [6, 6.07) is 0. The van der Waals surface area contributed by atoms with E-state index in [1.165, 1.54) is 13.3 Å². The summed E-state index contributed by atoms with van der Waals surface area (Å²) < 4.78 is 9.48. The van der Waals surface area contributed by atoms with Gasteiger partial charge >= 0.3 is 5.97 Å². The van der Waals surface area contributed by atoms with E-state index in [0.29, 0.717) is 5.82 Å². The normalized spacial score (nSPS) is 10.0.